The summed E-state index contributed by atoms with van der Waals surface area (Å²) in [6.07, 6.45) is 4.17. The van der Waals surface area contributed by atoms with Crippen LogP contribution >= 0.6 is 0 Å². The van der Waals surface area contributed by atoms with Crippen molar-refractivity contribution in [1.29, 1.82) is 0 Å². The molecule has 0 saturated carbocycles. The molecule has 0 bridgehead atoms. The Morgan fingerprint density at radius 3 is 2.78 bits per heavy atom. The minimum atomic E-state index is -0.381. The first-order valence-electron chi connectivity index (χ1n) is 5.38. The number of pyridine rings is 1. The third-order valence-electron chi connectivity index (χ3n) is 2.52. The van der Waals surface area contributed by atoms with E-state index in [1.54, 1.807) is 19.3 Å². The maximum Gasteiger partial charge on any atom is 0.216 e. The van der Waals surface area contributed by atoms with E-state index >= 15 is 0 Å². The SMILES string of the molecule is CNC(c1cncc(F)c1)c1cc(OC)ncn1. The molecule has 1 unspecified atom stereocenters. The lowest BCUT2D eigenvalue weighted by Crippen LogP contribution is -2.19. The van der Waals surface area contributed by atoms with Crippen LogP contribution in [0.1, 0.15) is 17.3 Å². The van der Waals surface area contributed by atoms with Gasteiger partial charge < -0.3 is 10.1 Å². The number of nitrogens with zero attached hydrogens (tertiary/aromatic N) is 3. The molecule has 94 valence electrons. The molecule has 0 aliphatic heterocycles. The Kier molecular flexibility index (Phi) is 3.78. The van der Waals surface area contributed by atoms with Crippen LogP contribution in [0.15, 0.2) is 30.9 Å². The van der Waals surface area contributed by atoms with E-state index in [1.165, 1.54) is 19.5 Å². The number of methoxy groups -OCH3 is 1. The predicted octanol–water partition coefficient (Wildman–Crippen LogP) is 1.33. The summed E-state index contributed by atoms with van der Waals surface area (Å²) < 4.78 is 18.2. The van der Waals surface area contributed by atoms with Crippen LogP contribution in [0.5, 0.6) is 5.88 Å². The molecule has 0 aliphatic rings. The smallest absolute Gasteiger partial charge is 0.216 e. The van der Waals surface area contributed by atoms with E-state index in [9.17, 15) is 4.39 Å². The Morgan fingerprint density at radius 1 is 1.28 bits per heavy atom. The molecule has 2 aromatic rings. The van der Waals surface area contributed by atoms with Gasteiger partial charge in [0.05, 0.1) is 25.0 Å². The molecule has 0 aromatic carbocycles. The van der Waals surface area contributed by atoms with Crippen LogP contribution in [0.25, 0.3) is 0 Å². The third-order valence-corrected chi connectivity index (χ3v) is 2.52. The van der Waals surface area contributed by atoms with Gasteiger partial charge in [0.1, 0.15) is 12.1 Å². The summed E-state index contributed by atoms with van der Waals surface area (Å²) in [6, 6.07) is 2.86. The highest BCUT2D eigenvalue weighted by Gasteiger charge is 2.15. The molecule has 18 heavy (non-hydrogen) atoms. The van der Waals surface area contributed by atoms with E-state index in [0.717, 1.165) is 6.20 Å². The van der Waals surface area contributed by atoms with Gasteiger partial charge in [-0.25, -0.2) is 14.4 Å². The summed E-state index contributed by atoms with van der Waals surface area (Å²) in [6.45, 7) is 0. The molecule has 0 spiro atoms. The van der Waals surface area contributed by atoms with E-state index in [2.05, 4.69) is 20.3 Å². The average molecular weight is 248 g/mol. The molecule has 0 aliphatic carbocycles. The topological polar surface area (TPSA) is 59.9 Å². The standard InChI is InChI=1S/C12H13FN4O/c1-14-12(8-3-9(13)6-15-5-8)10-4-11(18-2)17-7-16-10/h3-7,12,14H,1-2H3. The second-order valence-corrected chi connectivity index (χ2v) is 3.64. The highest BCUT2D eigenvalue weighted by Crippen LogP contribution is 2.21. The fourth-order valence-electron chi connectivity index (χ4n) is 1.69. The monoisotopic (exact) mass is 248 g/mol. The minimum Gasteiger partial charge on any atom is -0.481 e. The summed E-state index contributed by atoms with van der Waals surface area (Å²) in [5, 5.41) is 3.06. The quantitative estimate of drug-likeness (QED) is 0.884. The zero-order chi connectivity index (χ0) is 13.0. The molecule has 2 heterocycles. The molecular weight excluding hydrogens is 235 g/mol. The number of hydrogen-bond acceptors (Lipinski definition) is 5. The van der Waals surface area contributed by atoms with Crippen molar-refractivity contribution in [3.05, 3.63) is 47.9 Å². The summed E-state index contributed by atoms with van der Waals surface area (Å²) >= 11 is 0. The Labute approximate surface area is 104 Å². The lowest BCUT2D eigenvalue weighted by Gasteiger charge is -2.15. The van der Waals surface area contributed by atoms with Crippen molar-refractivity contribution in [2.45, 2.75) is 6.04 Å². The highest BCUT2D eigenvalue weighted by atomic mass is 19.1. The number of ether oxygens (including phenoxy) is 1. The zero-order valence-electron chi connectivity index (χ0n) is 10.1. The van der Waals surface area contributed by atoms with E-state index < -0.39 is 0 Å². The van der Waals surface area contributed by atoms with Crippen molar-refractivity contribution in [2.24, 2.45) is 0 Å². The molecule has 5 nitrogen and oxygen atoms in total. The number of aromatic nitrogens is 3. The highest BCUT2D eigenvalue weighted by molar-refractivity contribution is 5.27. The molecule has 2 rings (SSSR count). The third kappa shape index (κ3) is 2.60. The average Bonchev–Trinajstić information content (AvgIpc) is 2.40. The van der Waals surface area contributed by atoms with Crippen LogP contribution < -0.4 is 10.1 Å². The fourth-order valence-corrected chi connectivity index (χ4v) is 1.69. The Balaban J connectivity index is 2.38. The summed E-state index contributed by atoms with van der Waals surface area (Å²) in [5.74, 6) is 0.0818. The van der Waals surface area contributed by atoms with Crippen LogP contribution in [0.2, 0.25) is 0 Å². The number of rotatable bonds is 4. The summed E-state index contributed by atoms with van der Waals surface area (Å²) in [7, 11) is 3.30. The van der Waals surface area contributed by atoms with E-state index in [0.29, 0.717) is 17.1 Å². The van der Waals surface area contributed by atoms with Crippen molar-refractivity contribution in [3.8, 4) is 5.88 Å². The Morgan fingerprint density at radius 2 is 2.11 bits per heavy atom. The normalized spacial score (nSPS) is 12.2. The number of hydrogen-bond donors (Lipinski definition) is 1. The fraction of sp³-hybridized carbons (Fsp3) is 0.250. The van der Waals surface area contributed by atoms with Crippen molar-refractivity contribution < 1.29 is 9.13 Å². The van der Waals surface area contributed by atoms with E-state index in [1.807, 2.05) is 0 Å². The van der Waals surface area contributed by atoms with Crippen LogP contribution in [0, 0.1) is 5.82 Å². The van der Waals surface area contributed by atoms with Crippen LogP contribution in [-0.4, -0.2) is 29.1 Å². The van der Waals surface area contributed by atoms with Gasteiger partial charge in [0.15, 0.2) is 0 Å². The number of halogens is 1. The molecular formula is C12H13FN4O. The first-order chi connectivity index (χ1) is 8.74. The molecule has 0 radical (unpaired) electrons. The second-order valence-electron chi connectivity index (χ2n) is 3.64. The second kappa shape index (κ2) is 5.50. The van der Waals surface area contributed by atoms with Crippen molar-refractivity contribution in [2.75, 3.05) is 14.2 Å². The van der Waals surface area contributed by atoms with Gasteiger partial charge in [-0.15, -0.1) is 0 Å². The van der Waals surface area contributed by atoms with Gasteiger partial charge in [-0.3, -0.25) is 4.98 Å². The zero-order valence-corrected chi connectivity index (χ0v) is 10.1. The van der Waals surface area contributed by atoms with Crippen LogP contribution in [0.4, 0.5) is 4.39 Å². The van der Waals surface area contributed by atoms with E-state index in [-0.39, 0.29) is 11.9 Å². The van der Waals surface area contributed by atoms with Gasteiger partial charge in [0, 0.05) is 12.3 Å². The lowest BCUT2D eigenvalue weighted by molar-refractivity contribution is 0.395. The maximum atomic E-state index is 13.2. The van der Waals surface area contributed by atoms with Crippen LogP contribution in [-0.2, 0) is 0 Å². The summed E-state index contributed by atoms with van der Waals surface area (Å²) in [5.41, 5.74) is 1.38. The largest absolute Gasteiger partial charge is 0.481 e. The van der Waals surface area contributed by atoms with E-state index in [4.69, 9.17) is 4.74 Å². The van der Waals surface area contributed by atoms with Crippen molar-refractivity contribution in [3.63, 3.8) is 0 Å². The Bertz CT molecular complexity index is 535. The first-order valence-corrected chi connectivity index (χ1v) is 5.38. The predicted molar refractivity (Wildman–Crippen MR) is 63.7 cm³/mol. The first kappa shape index (κ1) is 12.4. The van der Waals surface area contributed by atoms with Gasteiger partial charge in [-0.2, -0.15) is 0 Å². The molecule has 2 aromatic heterocycles. The Hall–Kier alpha value is -2.08. The molecule has 0 fully saturated rings. The van der Waals surface area contributed by atoms with Gasteiger partial charge >= 0.3 is 0 Å². The van der Waals surface area contributed by atoms with Crippen molar-refractivity contribution >= 4 is 0 Å². The lowest BCUT2D eigenvalue weighted by atomic mass is 10.1. The van der Waals surface area contributed by atoms with Gasteiger partial charge in [0.25, 0.3) is 0 Å². The van der Waals surface area contributed by atoms with Gasteiger partial charge in [-0.05, 0) is 18.7 Å². The minimum absolute atomic E-state index is 0.259. The molecule has 0 amide bonds. The van der Waals surface area contributed by atoms with Gasteiger partial charge in [-0.1, -0.05) is 0 Å². The molecule has 6 heteroatoms. The van der Waals surface area contributed by atoms with Crippen molar-refractivity contribution in [1.82, 2.24) is 20.3 Å². The van der Waals surface area contributed by atoms with Gasteiger partial charge in [0.2, 0.25) is 5.88 Å². The van der Waals surface area contributed by atoms with Crippen LogP contribution in [0.3, 0.4) is 0 Å². The molecule has 1 N–H and O–H groups in total. The summed E-state index contributed by atoms with van der Waals surface area (Å²) in [4.78, 5) is 11.9. The molecule has 1 atom stereocenters. The number of nitrogens with one attached hydrogen (secondary N) is 1. The maximum absolute atomic E-state index is 13.2. The molecule has 0 saturated heterocycles.